The molecule has 2 aromatic carbocycles. The molecule has 1 atom stereocenters. The fourth-order valence-corrected chi connectivity index (χ4v) is 2.96. The van der Waals surface area contributed by atoms with Crippen molar-refractivity contribution in [2.24, 2.45) is 0 Å². The van der Waals surface area contributed by atoms with Gasteiger partial charge in [-0.3, -0.25) is 0 Å². The van der Waals surface area contributed by atoms with Crippen molar-refractivity contribution >= 4 is 15.9 Å². The van der Waals surface area contributed by atoms with Gasteiger partial charge in [-0.15, -0.1) is 0 Å². The fraction of sp³-hybridized carbons (Fsp3) is 0.429. The first-order valence-electron chi connectivity index (χ1n) is 8.73. The standard InChI is InChI=1S/C21H27BrO2/c1-3-4-5-6-7-21(18-10-12-19(22)13-11-18)24-16-17-8-14-20(23-2)15-9-17/h8-15,21H,3-7,16H2,1-2H3. The molecule has 2 rings (SSSR count). The zero-order chi connectivity index (χ0) is 17.2. The average Bonchev–Trinajstić information content (AvgIpc) is 2.62. The van der Waals surface area contributed by atoms with Crippen LogP contribution < -0.4 is 4.74 Å². The predicted octanol–water partition coefficient (Wildman–Crippen LogP) is 6.69. The van der Waals surface area contributed by atoms with Crippen molar-refractivity contribution < 1.29 is 9.47 Å². The van der Waals surface area contributed by atoms with Crippen molar-refractivity contribution in [2.45, 2.75) is 51.7 Å². The summed E-state index contributed by atoms with van der Waals surface area (Å²) in [6.07, 6.45) is 6.25. The maximum atomic E-state index is 6.25. The molecule has 0 aliphatic rings. The second-order valence-electron chi connectivity index (χ2n) is 6.05. The zero-order valence-electron chi connectivity index (χ0n) is 14.6. The Bertz CT molecular complexity index is 578. The highest BCUT2D eigenvalue weighted by Gasteiger charge is 2.12. The van der Waals surface area contributed by atoms with Crippen molar-refractivity contribution in [3.63, 3.8) is 0 Å². The highest BCUT2D eigenvalue weighted by Crippen LogP contribution is 2.27. The average molecular weight is 391 g/mol. The molecule has 0 amide bonds. The summed E-state index contributed by atoms with van der Waals surface area (Å²) in [5, 5.41) is 0. The SMILES string of the molecule is CCCCCCC(OCc1ccc(OC)cc1)c1ccc(Br)cc1. The molecule has 2 nitrogen and oxygen atoms in total. The Morgan fingerprint density at radius 1 is 0.917 bits per heavy atom. The first-order chi connectivity index (χ1) is 11.7. The molecule has 0 heterocycles. The van der Waals surface area contributed by atoms with E-state index in [1.807, 2.05) is 12.1 Å². The van der Waals surface area contributed by atoms with E-state index in [1.165, 1.54) is 36.8 Å². The third-order valence-electron chi connectivity index (χ3n) is 4.17. The Morgan fingerprint density at radius 3 is 2.25 bits per heavy atom. The summed E-state index contributed by atoms with van der Waals surface area (Å²) in [5.41, 5.74) is 2.43. The van der Waals surface area contributed by atoms with E-state index in [9.17, 15) is 0 Å². The topological polar surface area (TPSA) is 18.5 Å². The molecule has 24 heavy (non-hydrogen) atoms. The van der Waals surface area contributed by atoms with Crippen LogP contribution in [-0.2, 0) is 11.3 Å². The molecule has 130 valence electrons. The zero-order valence-corrected chi connectivity index (χ0v) is 16.2. The number of methoxy groups -OCH3 is 1. The van der Waals surface area contributed by atoms with Crippen LogP contribution in [0.15, 0.2) is 53.0 Å². The van der Waals surface area contributed by atoms with E-state index >= 15 is 0 Å². The number of benzene rings is 2. The highest BCUT2D eigenvalue weighted by molar-refractivity contribution is 9.10. The largest absolute Gasteiger partial charge is 0.497 e. The summed E-state index contributed by atoms with van der Waals surface area (Å²) in [6.45, 7) is 2.87. The summed E-state index contributed by atoms with van der Waals surface area (Å²) in [6, 6.07) is 16.6. The van der Waals surface area contributed by atoms with E-state index in [-0.39, 0.29) is 6.10 Å². The Kier molecular flexibility index (Phi) is 8.34. The maximum Gasteiger partial charge on any atom is 0.118 e. The minimum absolute atomic E-state index is 0.150. The molecular formula is C21H27BrO2. The van der Waals surface area contributed by atoms with Crippen molar-refractivity contribution in [1.82, 2.24) is 0 Å². The molecule has 0 N–H and O–H groups in total. The molecule has 0 aromatic heterocycles. The Morgan fingerprint density at radius 2 is 1.62 bits per heavy atom. The van der Waals surface area contributed by atoms with Crippen LogP contribution in [0.1, 0.15) is 56.3 Å². The van der Waals surface area contributed by atoms with Gasteiger partial charge in [-0.05, 0) is 41.8 Å². The fourth-order valence-electron chi connectivity index (χ4n) is 2.70. The molecule has 0 spiro atoms. The Balaban J connectivity index is 1.97. The van der Waals surface area contributed by atoms with Gasteiger partial charge in [0.25, 0.3) is 0 Å². The molecule has 0 fully saturated rings. The number of rotatable bonds is 10. The third-order valence-corrected chi connectivity index (χ3v) is 4.70. The quantitative estimate of drug-likeness (QED) is 0.420. The van der Waals surface area contributed by atoms with Crippen LogP contribution in [0.3, 0.4) is 0 Å². The van der Waals surface area contributed by atoms with Gasteiger partial charge in [0.15, 0.2) is 0 Å². The minimum atomic E-state index is 0.150. The number of ether oxygens (including phenoxy) is 2. The van der Waals surface area contributed by atoms with Gasteiger partial charge in [0.1, 0.15) is 5.75 Å². The lowest BCUT2D eigenvalue weighted by atomic mass is 10.0. The predicted molar refractivity (Wildman–Crippen MR) is 103 cm³/mol. The molecule has 1 unspecified atom stereocenters. The number of unbranched alkanes of at least 4 members (excludes halogenated alkanes) is 3. The van der Waals surface area contributed by atoms with Gasteiger partial charge in [0.05, 0.1) is 19.8 Å². The number of hydrogen-bond acceptors (Lipinski definition) is 2. The van der Waals surface area contributed by atoms with Crippen LogP contribution in [0.25, 0.3) is 0 Å². The van der Waals surface area contributed by atoms with Crippen molar-refractivity contribution in [3.8, 4) is 5.75 Å². The molecule has 0 saturated heterocycles. The number of hydrogen-bond donors (Lipinski definition) is 0. The smallest absolute Gasteiger partial charge is 0.118 e. The van der Waals surface area contributed by atoms with Gasteiger partial charge in [-0.25, -0.2) is 0 Å². The van der Waals surface area contributed by atoms with E-state index in [1.54, 1.807) is 7.11 Å². The molecule has 0 saturated carbocycles. The monoisotopic (exact) mass is 390 g/mol. The van der Waals surface area contributed by atoms with E-state index in [0.717, 1.165) is 16.6 Å². The van der Waals surface area contributed by atoms with Crippen LogP contribution in [0.4, 0.5) is 0 Å². The molecule has 0 aliphatic carbocycles. The van der Waals surface area contributed by atoms with Crippen molar-refractivity contribution in [2.75, 3.05) is 7.11 Å². The molecular weight excluding hydrogens is 364 g/mol. The molecule has 0 bridgehead atoms. The minimum Gasteiger partial charge on any atom is -0.497 e. The Labute approximate surface area is 154 Å². The van der Waals surface area contributed by atoms with Gasteiger partial charge in [0, 0.05) is 4.47 Å². The first kappa shape index (κ1) is 19.0. The van der Waals surface area contributed by atoms with E-state index in [0.29, 0.717) is 6.61 Å². The normalized spacial score (nSPS) is 12.1. The van der Waals surface area contributed by atoms with E-state index in [2.05, 4.69) is 59.3 Å². The highest BCUT2D eigenvalue weighted by atomic mass is 79.9. The molecule has 0 aliphatic heterocycles. The van der Waals surface area contributed by atoms with Crippen LogP contribution >= 0.6 is 15.9 Å². The number of halogens is 1. The van der Waals surface area contributed by atoms with E-state index < -0.39 is 0 Å². The second kappa shape index (κ2) is 10.5. The maximum absolute atomic E-state index is 6.25. The molecule has 0 radical (unpaired) electrons. The van der Waals surface area contributed by atoms with E-state index in [4.69, 9.17) is 9.47 Å². The molecule has 3 heteroatoms. The summed E-state index contributed by atoms with van der Waals surface area (Å²) in [5.74, 6) is 0.878. The second-order valence-corrected chi connectivity index (χ2v) is 6.96. The van der Waals surface area contributed by atoms with Crippen LogP contribution in [0, 0.1) is 0 Å². The lowest BCUT2D eigenvalue weighted by molar-refractivity contribution is 0.0321. The van der Waals surface area contributed by atoms with Crippen molar-refractivity contribution in [3.05, 3.63) is 64.1 Å². The lowest BCUT2D eigenvalue weighted by Gasteiger charge is -2.19. The van der Waals surface area contributed by atoms with Gasteiger partial charge < -0.3 is 9.47 Å². The summed E-state index contributed by atoms with van der Waals surface area (Å²) >= 11 is 3.50. The third kappa shape index (κ3) is 6.29. The van der Waals surface area contributed by atoms with Gasteiger partial charge in [-0.2, -0.15) is 0 Å². The summed E-state index contributed by atoms with van der Waals surface area (Å²) in [4.78, 5) is 0. The van der Waals surface area contributed by atoms with Gasteiger partial charge in [-0.1, -0.05) is 72.8 Å². The first-order valence-corrected chi connectivity index (χ1v) is 9.52. The lowest BCUT2D eigenvalue weighted by Crippen LogP contribution is -2.05. The van der Waals surface area contributed by atoms with Crippen LogP contribution in [0.2, 0.25) is 0 Å². The summed E-state index contributed by atoms with van der Waals surface area (Å²) in [7, 11) is 1.69. The summed E-state index contributed by atoms with van der Waals surface area (Å²) < 4.78 is 12.6. The Hall–Kier alpha value is -1.32. The van der Waals surface area contributed by atoms with Crippen LogP contribution in [-0.4, -0.2) is 7.11 Å². The van der Waals surface area contributed by atoms with Gasteiger partial charge >= 0.3 is 0 Å². The van der Waals surface area contributed by atoms with Crippen molar-refractivity contribution in [1.29, 1.82) is 0 Å². The van der Waals surface area contributed by atoms with Gasteiger partial charge in [0.2, 0.25) is 0 Å². The van der Waals surface area contributed by atoms with Crippen LogP contribution in [0.5, 0.6) is 5.75 Å². The molecule has 2 aromatic rings.